The smallest absolute Gasteiger partial charge is 0.242 e. The molecule has 5 heteroatoms. The lowest BCUT2D eigenvalue weighted by Gasteiger charge is -2.37. The average Bonchev–Trinajstić information content (AvgIpc) is 2.88. The first-order chi connectivity index (χ1) is 9.26. The molecule has 3 N–H and O–H groups in total. The Labute approximate surface area is 114 Å². The summed E-state index contributed by atoms with van der Waals surface area (Å²) in [5.74, 6) is 0.289. The number of carbonyl (C=O) groups excluding carboxylic acids is 1. The van der Waals surface area contributed by atoms with Gasteiger partial charge in [-0.25, -0.2) is 0 Å². The normalized spacial score (nSPS) is 31.8. The van der Waals surface area contributed by atoms with Crippen LogP contribution in [0.1, 0.15) is 25.7 Å². The fraction of sp³-hybridized carbons (Fsp3) is 0.643. The van der Waals surface area contributed by atoms with Crippen molar-refractivity contribution in [2.75, 3.05) is 26.2 Å². The SMILES string of the molecule is N/C=C1/CC/C(=C\N2CC(=O)N3CCCC3C2)CN1. The van der Waals surface area contributed by atoms with E-state index in [9.17, 15) is 4.79 Å². The molecule has 1 atom stereocenters. The molecule has 0 aromatic rings. The van der Waals surface area contributed by atoms with Crippen molar-refractivity contribution in [2.24, 2.45) is 5.73 Å². The van der Waals surface area contributed by atoms with E-state index in [1.165, 1.54) is 5.57 Å². The van der Waals surface area contributed by atoms with E-state index in [-0.39, 0.29) is 5.91 Å². The highest BCUT2D eigenvalue weighted by atomic mass is 16.2. The largest absolute Gasteiger partial charge is 0.403 e. The van der Waals surface area contributed by atoms with Crippen molar-refractivity contribution in [1.82, 2.24) is 15.1 Å². The summed E-state index contributed by atoms with van der Waals surface area (Å²) in [6.07, 6.45) is 8.16. The number of hydrogen-bond acceptors (Lipinski definition) is 4. The van der Waals surface area contributed by atoms with Crippen LogP contribution < -0.4 is 11.1 Å². The number of nitrogens with one attached hydrogen (secondary N) is 1. The number of rotatable bonds is 1. The van der Waals surface area contributed by atoms with Gasteiger partial charge in [-0.1, -0.05) is 0 Å². The Balaban J connectivity index is 1.62. The van der Waals surface area contributed by atoms with E-state index in [1.54, 1.807) is 6.20 Å². The summed E-state index contributed by atoms with van der Waals surface area (Å²) < 4.78 is 0. The van der Waals surface area contributed by atoms with Crippen molar-refractivity contribution >= 4 is 5.91 Å². The monoisotopic (exact) mass is 262 g/mol. The molecule has 5 nitrogen and oxygen atoms in total. The van der Waals surface area contributed by atoms with Gasteiger partial charge in [0.25, 0.3) is 0 Å². The van der Waals surface area contributed by atoms with E-state index < -0.39 is 0 Å². The van der Waals surface area contributed by atoms with Gasteiger partial charge in [0.05, 0.1) is 6.54 Å². The number of carbonyl (C=O) groups is 1. The molecule has 0 bridgehead atoms. The van der Waals surface area contributed by atoms with Gasteiger partial charge in [0, 0.05) is 43.8 Å². The number of hydrogen-bond donors (Lipinski definition) is 2. The van der Waals surface area contributed by atoms with Crippen LogP contribution in [0.5, 0.6) is 0 Å². The Hall–Kier alpha value is -1.65. The standard InChI is InChI=1S/C14H22N4O/c15-6-12-4-3-11(7-16-12)8-17-9-13-2-1-5-18(13)14(19)10-17/h6,8,13,16H,1-5,7,9-10,15H2/b11-8+,12-6-. The summed E-state index contributed by atoms with van der Waals surface area (Å²) >= 11 is 0. The van der Waals surface area contributed by atoms with Crippen LogP contribution in [0.25, 0.3) is 0 Å². The van der Waals surface area contributed by atoms with Crippen LogP contribution in [0.2, 0.25) is 0 Å². The molecule has 3 aliphatic rings. The molecular weight excluding hydrogens is 240 g/mol. The molecule has 0 saturated carbocycles. The molecule has 19 heavy (non-hydrogen) atoms. The molecule has 3 rings (SSSR count). The minimum Gasteiger partial charge on any atom is -0.403 e. The summed E-state index contributed by atoms with van der Waals surface area (Å²) in [5, 5.41) is 3.31. The lowest BCUT2D eigenvalue weighted by molar-refractivity contribution is -0.136. The summed E-state index contributed by atoms with van der Waals surface area (Å²) in [5.41, 5.74) is 7.99. The number of piperidine rings is 1. The summed E-state index contributed by atoms with van der Waals surface area (Å²) in [4.78, 5) is 16.3. The minimum absolute atomic E-state index is 0.289. The number of allylic oxidation sites excluding steroid dienone is 1. The van der Waals surface area contributed by atoms with Gasteiger partial charge in [0.2, 0.25) is 5.91 Å². The number of fused-ring (bicyclic) bond motifs is 1. The molecule has 0 spiro atoms. The highest BCUT2D eigenvalue weighted by molar-refractivity contribution is 5.80. The topological polar surface area (TPSA) is 61.6 Å². The van der Waals surface area contributed by atoms with Crippen molar-refractivity contribution < 1.29 is 4.79 Å². The number of nitrogens with zero attached hydrogens (tertiary/aromatic N) is 2. The zero-order valence-electron chi connectivity index (χ0n) is 11.3. The van der Waals surface area contributed by atoms with Crippen molar-refractivity contribution in [2.45, 2.75) is 31.7 Å². The Bertz CT molecular complexity index is 417. The minimum atomic E-state index is 0.289. The van der Waals surface area contributed by atoms with Gasteiger partial charge >= 0.3 is 0 Å². The molecule has 104 valence electrons. The van der Waals surface area contributed by atoms with Gasteiger partial charge in [0.15, 0.2) is 0 Å². The van der Waals surface area contributed by atoms with Crippen molar-refractivity contribution in [3.8, 4) is 0 Å². The third kappa shape index (κ3) is 2.55. The van der Waals surface area contributed by atoms with Gasteiger partial charge < -0.3 is 20.9 Å². The van der Waals surface area contributed by atoms with E-state index in [2.05, 4.69) is 21.3 Å². The molecule has 1 unspecified atom stereocenters. The fourth-order valence-electron chi connectivity index (χ4n) is 3.26. The number of nitrogens with two attached hydrogens (primary N) is 1. The molecular formula is C14H22N4O. The molecule has 0 radical (unpaired) electrons. The first kappa shape index (κ1) is 12.4. The lowest BCUT2D eigenvalue weighted by atomic mass is 10.0. The zero-order chi connectivity index (χ0) is 13.2. The van der Waals surface area contributed by atoms with Gasteiger partial charge in [-0.2, -0.15) is 0 Å². The first-order valence-electron chi connectivity index (χ1n) is 7.14. The van der Waals surface area contributed by atoms with Crippen molar-refractivity contribution in [3.05, 3.63) is 23.7 Å². The third-order valence-corrected chi connectivity index (χ3v) is 4.31. The Morgan fingerprint density at radius 1 is 1.37 bits per heavy atom. The van der Waals surface area contributed by atoms with Crippen molar-refractivity contribution in [1.29, 1.82) is 0 Å². The summed E-state index contributed by atoms with van der Waals surface area (Å²) in [6.45, 7) is 3.34. The zero-order valence-corrected chi connectivity index (χ0v) is 11.3. The summed E-state index contributed by atoms with van der Waals surface area (Å²) in [7, 11) is 0. The molecule has 3 heterocycles. The average molecular weight is 262 g/mol. The van der Waals surface area contributed by atoms with Gasteiger partial charge in [-0.15, -0.1) is 0 Å². The van der Waals surface area contributed by atoms with E-state index in [0.717, 1.165) is 51.0 Å². The number of piperazine rings is 1. The second-order valence-electron chi connectivity index (χ2n) is 5.65. The van der Waals surface area contributed by atoms with Crippen LogP contribution in [0.3, 0.4) is 0 Å². The third-order valence-electron chi connectivity index (χ3n) is 4.31. The van der Waals surface area contributed by atoms with Crippen LogP contribution in [-0.4, -0.2) is 47.9 Å². The predicted octanol–water partition coefficient (Wildman–Crippen LogP) is 0.360. The molecule has 0 aromatic heterocycles. The van der Waals surface area contributed by atoms with Crippen LogP contribution in [0.4, 0.5) is 0 Å². The van der Waals surface area contributed by atoms with Crippen LogP contribution in [0, 0.1) is 0 Å². The fourth-order valence-corrected chi connectivity index (χ4v) is 3.26. The van der Waals surface area contributed by atoms with Crippen LogP contribution >= 0.6 is 0 Å². The van der Waals surface area contributed by atoms with Crippen molar-refractivity contribution in [3.63, 3.8) is 0 Å². The second kappa shape index (κ2) is 5.15. The Kier molecular flexibility index (Phi) is 3.36. The van der Waals surface area contributed by atoms with E-state index in [4.69, 9.17) is 5.73 Å². The van der Waals surface area contributed by atoms with E-state index in [0.29, 0.717) is 12.6 Å². The molecule has 3 fully saturated rings. The first-order valence-corrected chi connectivity index (χ1v) is 7.14. The Morgan fingerprint density at radius 2 is 2.26 bits per heavy atom. The van der Waals surface area contributed by atoms with E-state index >= 15 is 0 Å². The number of amides is 1. The maximum atomic E-state index is 12.0. The van der Waals surface area contributed by atoms with Gasteiger partial charge in [-0.3, -0.25) is 4.79 Å². The Morgan fingerprint density at radius 3 is 3.00 bits per heavy atom. The van der Waals surface area contributed by atoms with Crippen LogP contribution in [-0.2, 0) is 4.79 Å². The lowest BCUT2D eigenvalue weighted by Crippen LogP contribution is -2.52. The maximum Gasteiger partial charge on any atom is 0.242 e. The maximum absolute atomic E-state index is 12.0. The van der Waals surface area contributed by atoms with Gasteiger partial charge in [-0.05, 0) is 31.3 Å². The molecule has 3 aliphatic heterocycles. The molecule has 3 saturated heterocycles. The summed E-state index contributed by atoms with van der Waals surface area (Å²) in [6, 6.07) is 0.439. The van der Waals surface area contributed by atoms with Crippen LogP contribution in [0.15, 0.2) is 23.7 Å². The second-order valence-corrected chi connectivity index (χ2v) is 5.65. The highest BCUT2D eigenvalue weighted by Gasteiger charge is 2.34. The predicted molar refractivity (Wildman–Crippen MR) is 73.9 cm³/mol. The molecule has 0 aliphatic carbocycles. The molecule has 0 aromatic carbocycles. The quantitative estimate of drug-likeness (QED) is 0.716. The molecule has 1 amide bonds. The van der Waals surface area contributed by atoms with Gasteiger partial charge in [0.1, 0.15) is 0 Å². The highest BCUT2D eigenvalue weighted by Crippen LogP contribution is 2.24. The van der Waals surface area contributed by atoms with E-state index in [1.807, 2.05) is 0 Å².